The van der Waals surface area contributed by atoms with E-state index in [1.807, 2.05) is 12.1 Å². The zero-order valence-corrected chi connectivity index (χ0v) is 11.1. The van der Waals surface area contributed by atoms with Crippen LogP contribution in [0.1, 0.15) is 11.1 Å². The quantitative estimate of drug-likeness (QED) is 0.887. The summed E-state index contributed by atoms with van der Waals surface area (Å²) < 4.78 is 29.1. The summed E-state index contributed by atoms with van der Waals surface area (Å²) in [5, 5.41) is 11.8. The Labute approximate surface area is 121 Å². The van der Waals surface area contributed by atoms with Crippen LogP contribution in [0.25, 0.3) is 0 Å². The van der Waals surface area contributed by atoms with Gasteiger partial charge in [0.15, 0.2) is 0 Å². The van der Waals surface area contributed by atoms with E-state index in [2.05, 4.69) is 10.3 Å². The summed E-state index contributed by atoms with van der Waals surface area (Å²) in [6.45, 7) is -0.140. The van der Waals surface area contributed by atoms with Crippen LogP contribution in [0, 0.1) is 11.3 Å². The Balaban J connectivity index is 1.93. The van der Waals surface area contributed by atoms with Crippen LogP contribution in [0.15, 0.2) is 42.6 Å². The minimum Gasteiger partial charge on any atom is -0.488 e. The summed E-state index contributed by atoms with van der Waals surface area (Å²) in [6.07, 6.45) is -1.01. The van der Waals surface area contributed by atoms with Crippen molar-refractivity contribution in [3.63, 3.8) is 0 Å². The predicted octanol–water partition coefficient (Wildman–Crippen LogP) is 3.21. The molecule has 0 fully saturated rings. The first-order valence-electron chi connectivity index (χ1n) is 6.27. The van der Waals surface area contributed by atoms with E-state index in [0.29, 0.717) is 23.7 Å². The Hall–Kier alpha value is -2.68. The first kappa shape index (κ1) is 14.7. The molecule has 0 aliphatic heterocycles. The average Bonchev–Trinajstić information content (AvgIpc) is 2.52. The molecule has 1 N–H and O–H groups in total. The molecule has 0 radical (unpaired) electrons. The normalized spacial score (nSPS) is 10.2. The van der Waals surface area contributed by atoms with Gasteiger partial charge in [-0.1, -0.05) is 12.1 Å². The highest BCUT2D eigenvalue weighted by molar-refractivity contribution is 5.40. The van der Waals surface area contributed by atoms with Gasteiger partial charge in [-0.15, -0.1) is 0 Å². The van der Waals surface area contributed by atoms with Crippen molar-refractivity contribution in [1.29, 1.82) is 5.26 Å². The number of benzene rings is 1. The summed E-state index contributed by atoms with van der Waals surface area (Å²) in [5.41, 5.74) is 1.37. The Kier molecular flexibility index (Phi) is 5.04. The van der Waals surface area contributed by atoms with Gasteiger partial charge in [-0.2, -0.15) is 5.26 Å². The Morgan fingerprint density at radius 2 is 2.14 bits per heavy atom. The number of nitrogens with zero attached hydrogens (tertiary/aromatic N) is 2. The van der Waals surface area contributed by atoms with Crippen LogP contribution in [0.5, 0.6) is 5.75 Å². The number of anilines is 1. The average molecular weight is 289 g/mol. The van der Waals surface area contributed by atoms with E-state index in [9.17, 15) is 8.78 Å². The van der Waals surface area contributed by atoms with Gasteiger partial charge < -0.3 is 10.1 Å². The first-order valence-corrected chi connectivity index (χ1v) is 6.27. The van der Waals surface area contributed by atoms with Gasteiger partial charge in [0.1, 0.15) is 24.2 Å². The molecule has 21 heavy (non-hydrogen) atoms. The molecule has 2 aromatic rings. The monoisotopic (exact) mass is 289 g/mol. The molecule has 6 heteroatoms. The van der Waals surface area contributed by atoms with E-state index < -0.39 is 13.0 Å². The summed E-state index contributed by atoms with van der Waals surface area (Å²) in [5.74, 6) is 1.04. The third-order valence-corrected chi connectivity index (χ3v) is 2.64. The largest absolute Gasteiger partial charge is 0.488 e. The van der Waals surface area contributed by atoms with Gasteiger partial charge >= 0.3 is 0 Å². The Morgan fingerprint density at radius 3 is 2.81 bits per heavy atom. The number of ether oxygens (including phenoxy) is 1. The summed E-state index contributed by atoms with van der Waals surface area (Å²) >= 11 is 0. The number of nitriles is 1. The lowest BCUT2D eigenvalue weighted by atomic mass is 10.2. The van der Waals surface area contributed by atoms with Crippen molar-refractivity contribution in [2.24, 2.45) is 0 Å². The smallest absolute Gasteiger partial charge is 0.272 e. The van der Waals surface area contributed by atoms with Crippen molar-refractivity contribution < 1.29 is 13.5 Å². The van der Waals surface area contributed by atoms with Crippen LogP contribution in [-0.2, 0) is 6.54 Å². The van der Waals surface area contributed by atoms with Gasteiger partial charge in [0.2, 0.25) is 0 Å². The maximum absolute atomic E-state index is 12.1. The Morgan fingerprint density at radius 1 is 1.29 bits per heavy atom. The lowest BCUT2D eigenvalue weighted by Gasteiger charge is -2.09. The van der Waals surface area contributed by atoms with Crippen molar-refractivity contribution in [2.45, 2.75) is 13.0 Å². The maximum Gasteiger partial charge on any atom is 0.272 e. The minimum atomic E-state index is -2.49. The molecule has 0 aliphatic carbocycles. The molecule has 0 atom stereocenters. The van der Waals surface area contributed by atoms with Crippen molar-refractivity contribution in [2.75, 3.05) is 11.9 Å². The number of hydrogen-bond donors (Lipinski definition) is 1. The van der Waals surface area contributed by atoms with Crippen LogP contribution in [0.4, 0.5) is 14.6 Å². The molecule has 0 bridgehead atoms. The molecule has 0 aliphatic rings. The van der Waals surface area contributed by atoms with Crippen LogP contribution in [0.3, 0.4) is 0 Å². The zero-order chi connectivity index (χ0) is 15.1. The van der Waals surface area contributed by atoms with E-state index in [0.717, 1.165) is 5.56 Å². The highest BCUT2D eigenvalue weighted by atomic mass is 19.3. The lowest BCUT2D eigenvalue weighted by molar-refractivity contribution is 0.0818. The number of halogens is 2. The second kappa shape index (κ2) is 7.20. The molecule has 0 spiro atoms. The molecular formula is C15H13F2N3O. The van der Waals surface area contributed by atoms with E-state index >= 15 is 0 Å². The fourth-order valence-electron chi connectivity index (χ4n) is 1.66. The second-order valence-electron chi connectivity index (χ2n) is 4.25. The van der Waals surface area contributed by atoms with Crippen molar-refractivity contribution in [3.05, 3.63) is 53.7 Å². The summed E-state index contributed by atoms with van der Waals surface area (Å²) in [7, 11) is 0. The highest BCUT2D eigenvalue weighted by Crippen LogP contribution is 2.15. The maximum atomic E-state index is 12.1. The minimum absolute atomic E-state index is 0.405. The molecule has 0 amide bonds. The van der Waals surface area contributed by atoms with Gasteiger partial charge in [-0.25, -0.2) is 13.8 Å². The first-order chi connectivity index (χ1) is 10.2. The number of alkyl halides is 2. The Bertz CT molecular complexity index is 624. The van der Waals surface area contributed by atoms with Crippen LogP contribution < -0.4 is 10.1 Å². The van der Waals surface area contributed by atoms with E-state index in [1.54, 1.807) is 30.3 Å². The molecular weight excluding hydrogens is 276 g/mol. The lowest BCUT2D eigenvalue weighted by Crippen LogP contribution is -2.07. The highest BCUT2D eigenvalue weighted by Gasteiger charge is 2.04. The second-order valence-corrected chi connectivity index (χ2v) is 4.25. The molecule has 2 rings (SSSR count). The van der Waals surface area contributed by atoms with Crippen molar-refractivity contribution in [1.82, 2.24) is 4.98 Å². The topological polar surface area (TPSA) is 57.9 Å². The predicted molar refractivity (Wildman–Crippen MR) is 74.2 cm³/mol. The van der Waals surface area contributed by atoms with Gasteiger partial charge in [0.25, 0.3) is 6.43 Å². The third kappa shape index (κ3) is 4.73. The molecule has 1 aromatic carbocycles. The molecule has 4 nitrogen and oxygen atoms in total. The van der Waals surface area contributed by atoms with Crippen LogP contribution in [-0.4, -0.2) is 18.0 Å². The third-order valence-electron chi connectivity index (χ3n) is 2.64. The van der Waals surface area contributed by atoms with E-state index in [4.69, 9.17) is 10.00 Å². The van der Waals surface area contributed by atoms with Crippen LogP contribution >= 0.6 is 0 Å². The number of nitrogens with one attached hydrogen (secondary N) is 1. The molecule has 0 saturated carbocycles. The SMILES string of the molecule is N#Cc1ccc(NCc2cccc(OCC(F)F)c2)nc1. The number of aromatic nitrogens is 1. The number of rotatable bonds is 6. The van der Waals surface area contributed by atoms with Gasteiger partial charge in [-0.05, 0) is 29.8 Å². The summed E-state index contributed by atoms with van der Waals surface area (Å²) in [4.78, 5) is 4.08. The number of pyridine rings is 1. The molecule has 1 aromatic heterocycles. The van der Waals surface area contributed by atoms with Gasteiger partial charge in [0, 0.05) is 12.7 Å². The van der Waals surface area contributed by atoms with Crippen LogP contribution in [0.2, 0.25) is 0 Å². The molecule has 0 unspecified atom stereocenters. The van der Waals surface area contributed by atoms with Gasteiger partial charge in [-0.3, -0.25) is 0 Å². The zero-order valence-electron chi connectivity index (χ0n) is 11.1. The van der Waals surface area contributed by atoms with Crippen molar-refractivity contribution >= 4 is 5.82 Å². The molecule has 1 heterocycles. The molecule has 0 saturated heterocycles. The van der Waals surface area contributed by atoms with Crippen molar-refractivity contribution in [3.8, 4) is 11.8 Å². The summed E-state index contributed by atoms with van der Waals surface area (Å²) in [6, 6.07) is 12.3. The molecule has 108 valence electrons. The fraction of sp³-hybridized carbons (Fsp3) is 0.200. The van der Waals surface area contributed by atoms with E-state index in [-0.39, 0.29) is 0 Å². The van der Waals surface area contributed by atoms with Gasteiger partial charge in [0.05, 0.1) is 5.56 Å². The number of hydrogen-bond acceptors (Lipinski definition) is 4. The van der Waals surface area contributed by atoms with E-state index in [1.165, 1.54) is 6.20 Å². The standard InChI is InChI=1S/C15H13F2N3O/c16-14(17)10-21-13-3-1-2-11(6-13)8-19-15-5-4-12(7-18)9-20-15/h1-6,9,14H,8,10H2,(H,19,20). The fourth-order valence-corrected chi connectivity index (χ4v) is 1.66.